The van der Waals surface area contributed by atoms with Crippen molar-refractivity contribution in [1.29, 1.82) is 0 Å². The highest BCUT2D eigenvalue weighted by Gasteiger charge is 2.31. The Bertz CT molecular complexity index is 1630. The molecule has 0 radical (unpaired) electrons. The molecule has 3 aromatic heterocycles. The number of carbonyl (C=O) groups excluding carboxylic acids is 2. The zero-order valence-electron chi connectivity index (χ0n) is 23.2. The highest BCUT2D eigenvalue weighted by atomic mass is 16.5. The van der Waals surface area contributed by atoms with E-state index in [0.29, 0.717) is 29.4 Å². The van der Waals surface area contributed by atoms with E-state index in [-0.39, 0.29) is 35.1 Å². The maximum absolute atomic E-state index is 12.6. The van der Waals surface area contributed by atoms with Crippen LogP contribution in [0.25, 0.3) is 11.1 Å². The summed E-state index contributed by atoms with van der Waals surface area (Å²) in [7, 11) is 3.09. The smallest absolute Gasteiger partial charge is 0.273 e. The molecule has 13 heteroatoms. The number of amides is 2. The second kappa shape index (κ2) is 11.4. The summed E-state index contributed by atoms with van der Waals surface area (Å²) in [5.41, 5.74) is 3.39. The van der Waals surface area contributed by atoms with Gasteiger partial charge in [0.05, 0.1) is 36.4 Å². The number of carbonyl (C=O) groups is 2. The Morgan fingerprint density at radius 3 is 2.69 bits per heavy atom. The second-order valence-electron chi connectivity index (χ2n) is 10.4. The molecule has 4 N–H and O–H groups in total. The van der Waals surface area contributed by atoms with Crippen molar-refractivity contribution in [1.82, 2.24) is 35.2 Å². The number of methoxy groups -OCH3 is 1. The van der Waals surface area contributed by atoms with E-state index in [2.05, 4.69) is 41.1 Å². The summed E-state index contributed by atoms with van der Waals surface area (Å²) in [6.45, 7) is 2.15. The van der Waals surface area contributed by atoms with Crippen LogP contribution in [0.3, 0.4) is 0 Å². The van der Waals surface area contributed by atoms with E-state index in [1.54, 1.807) is 37.7 Å². The molecule has 1 saturated heterocycles. The predicted molar refractivity (Wildman–Crippen MR) is 154 cm³/mol. The molecular formula is C29H31N9O4. The fraction of sp³-hybridized carbons (Fsp3) is 0.310. The topological polar surface area (TPSA) is 159 Å². The third-order valence-electron chi connectivity index (χ3n) is 7.39. The van der Waals surface area contributed by atoms with Gasteiger partial charge in [-0.05, 0) is 31.0 Å². The average molecular weight is 570 g/mol. The lowest BCUT2D eigenvalue weighted by Gasteiger charge is -2.39. The first-order chi connectivity index (χ1) is 20.4. The van der Waals surface area contributed by atoms with Crippen molar-refractivity contribution in [3.63, 3.8) is 0 Å². The maximum Gasteiger partial charge on any atom is 0.273 e. The molecule has 42 heavy (non-hydrogen) atoms. The molecule has 0 atom stereocenters. The molecule has 0 spiro atoms. The highest BCUT2D eigenvalue weighted by Crippen LogP contribution is 2.39. The number of pyridine rings is 1. The molecule has 4 aromatic rings. The van der Waals surface area contributed by atoms with Crippen LogP contribution >= 0.6 is 0 Å². The number of rotatable bonds is 10. The van der Waals surface area contributed by atoms with E-state index in [1.165, 1.54) is 7.05 Å². The van der Waals surface area contributed by atoms with Crippen molar-refractivity contribution in [2.45, 2.75) is 25.4 Å². The van der Waals surface area contributed by atoms with Gasteiger partial charge in [0, 0.05) is 62.2 Å². The third-order valence-corrected chi connectivity index (χ3v) is 7.39. The van der Waals surface area contributed by atoms with Gasteiger partial charge < -0.3 is 25.8 Å². The van der Waals surface area contributed by atoms with Gasteiger partial charge in [0.1, 0.15) is 11.5 Å². The van der Waals surface area contributed by atoms with Crippen molar-refractivity contribution in [2.24, 2.45) is 5.92 Å². The van der Waals surface area contributed by atoms with Gasteiger partial charge in [-0.3, -0.25) is 24.2 Å². The largest absolute Gasteiger partial charge is 0.506 e. The molecule has 2 aliphatic rings. The minimum Gasteiger partial charge on any atom is -0.506 e. The summed E-state index contributed by atoms with van der Waals surface area (Å²) < 4.78 is 7.76. The standard InChI is InChI=1S/C29H31N9O4/c1-30-29(41)26-22(11-25(35-36-26)34-28(40)17-8-9-17)33-21-6-3-5-20(27(21)42-2)18-12-32-38(13-18)19-14-37(15-19)16-23-24(39)7-4-10-31-23/h3-7,10-13,17,19,39H,8-9,14-16H2,1-2H3,(H,30,41)(H2,33,34,35,40). The summed E-state index contributed by atoms with van der Waals surface area (Å²) in [6.07, 6.45) is 7.17. The number of para-hydroxylation sites is 1. The minimum absolute atomic E-state index is 0.00297. The van der Waals surface area contributed by atoms with Gasteiger partial charge in [-0.1, -0.05) is 12.1 Å². The molecule has 1 aliphatic carbocycles. The van der Waals surface area contributed by atoms with Crippen molar-refractivity contribution in [2.75, 3.05) is 37.9 Å². The van der Waals surface area contributed by atoms with Gasteiger partial charge in [0.2, 0.25) is 5.91 Å². The van der Waals surface area contributed by atoms with Gasteiger partial charge in [-0.15, -0.1) is 10.2 Å². The van der Waals surface area contributed by atoms with Gasteiger partial charge >= 0.3 is 0 Å². The molecule has 4 heterocycles. The lowest BCUT2D eigenvalue weighted by Crippen LogP contribution is -2.47. The quantitative estimate of drug-likeness (QED) is 0.224. The number of benzene rings is 1. The monoisotopic (exact) mass is 569 g/mol. The second-order valence-corrected chi connectivity index (χ2v) is 10.4. The Kier molecular flexibility index (Phi) is 7.40. The number of ether oxygens (including phenoxy) is 1. The van der Waals surface area contributed by atoms with Crippen LogP contribution in [0.4, 0.5) is 17.2 Å². The number of aromatic hydroxyl groups is 1. The fourth-order valence-electron chi connectivity index (χ4n) is 4.91. The molecule has 0 unspecified atom stereocenters. The van der Waals surface area contributed by atoms with Crippen LogP contribution in [0, 0.1) is 5.92 Å². The summed E-state index contributed by atoms with van der Waals surface area (Å²) in [4.78, 5) is 31.3. The first-order valence-corrected chi connectivity index (χ1v) is 13.7. The number of hydrogen-bond donors (Lipinski definition) is 4. The number of likely N-dealkylation sites (tertiary alicyclic amines) is 1. The van der Waals surface area contributed by atoms with E-state index in [9.17, 15) is 14.7 Å². The lowest BCUT2D eigenvalue weighted by molar-refractivity contribution is -0.117. The molecular weight excluding hydrogens is 538 g/mol. The number of nitrogens with zero attached hydrogens (tertiary/aromatic N) is 6. The van der Waals surface area contributed by atoms with Gasteiger partial charge in [0.25, 0.3) is 5.91 Å². The Morgan fingerprint density at radius 1 is 1.12 bits per heavy atom. The van der Waals surface area contributed by atoms with Crippen LogP contribution in [0.2, 0.25) is 0 Å². The van der Waals surface area contributed by atoms with E-state index in [0.717, 1.165) is 37.1 Å². The molecule has 1 aromatic carbocycles. The maximum atomic E-state index is 12.6. The van der Waals surface area contributed by atoms with Crippen LogP contribution in [0.15, 0.2) is 55.0 Å². The third kappa shape index (κ3) is 5.59. The number of aromatic nitrogens is 5. The lowest BCUT2D eigenvalue weighted by atomic mass is 10.1. The van der Waals surface area contributed by atoms with Crippen molar-refractivity contribution < 1.29 is 19.4 Å². The van der Waals surface area contributed by atoms with Gasteiger partial charge in [0.15, 0.2) is 11.5 Å². The molecule has 6 rings (SSSR count). The number of hydrogen-bond acceptors (Lipinski definition) is 10. The molecule has 13 nitrogen and oxygen atoms in total. The summed E-state index contributed by atoms with van der Waals surface area (Å²) in [6, 6.07) is 10.8. The molecule has 2 fully saturated rings. The molecule has 1 saturated carbocycles. The van der Waals surface area contributed by atoms with Crippen molar-refractivity contribution in [3.8, 4) is 22.6 Å². The van der Waals surface area contributed by atoms with E-state index < -0.39 is 5.91 Å². The normalized spacial score (nSPS) is 15.1. The molecule has 216 valence electrons. The minimum atomic E-state index is -0.422. The van der Waals surface area contributed by atoms with Crippen LogP contribution in [0.1, 0.15) is 35.1 Å². The van der Waals surface area contributed by atoms with Crippen LogP contribution < -0.4 is 20.7 Å². The molecule has 0 bridgehead atoms. The number of anilines is 3. The predicted octanol–water partition coefficient (Wildman–Crippen LogP) is 2.96. The van der Waals surface area contributed by atoms with Crippen LogP contribution in [-0.2, 0) is 11.3 Å². The van der Waals surface area contributed by atoms with E-state index in [4.69, 9.17) is 4.74 Å². The van der Waals surface area contributed by atoms with Gasteiger partial charge in [-0.25, -0.2) is 0 Å². The Morgan fingerprint density at radius 2 is 1.95 bits per heavy atom. The summed E-state index contributed by atoms with van der Waals surface area (Å²) in [5.74, 6) is 0.481. The highest BCUT2D eigenvalue weighted by molar-refractivity contribution is 6.00. The average Bonchev–Trinajstić information content (AvgIpc) is 3.73. The summed E-state index contributed by atoms with van der Waals surface area (Å²) >= 11 is 0. The number of nitrogens with one attached hydrogen (secondary N) is 3. The van der Waals surface area contributed by atoms with Crippen molar-refractivity contribution >= 4 is 29.0 Å². The first kappa shape index (κ1) is 27.1. The first-order valence-electron chi connectivity index (χ1n) is 13.7. The molecule has 2 amide bonds. The van der Waals surface area contributed by atoms with Gasteiger partial charge in [-0.2, -0.15) is 5.10 Å². The van der Waals surface area contributed by atoms with Crippen LogP contribution in [-0.4, -0.2) is 74.0 Å². The summed E-state index contributed by atoms with van der Waals surface area (Å²) in [5, 5.41) is 31.3. The zero-order chi connectivity index (χ0) is 29.2. The SMILES string of the molecule is CNC(=O)c1nnc(NC(=O)C2CC2)cc1Nc1cccc(-c2cnn(C3CN(Cc4ncccc4O)C3)c2)c1OC. The van der Waals surface area contributed by atoms with Crippen LogP contribution in [0.5, 0.6) is 11.5 Å². The Balaban J connectivity index is 1.21. The fourth-order valence-corrected chi connectivity index (χ4v) is 4.91. The zero-order valence-corrected chi connectivity index (χ0v) is 23.2. The van der Waals surface area contributed by atoms with E-state index >= 15 is 0 Å². The Hall–Kier alpha value is -5.04. The van der Waals surface area contributed by atoms with Crippen molar-refractivity contribution in [3.05, 3.63) is 66.4 Å². The molecule has 1 aliphatic heterocycles. The Labute approximate surface area is 241 Å². The van der Waals surface area contributed by atoms with E-state index in [1.807, 2.05) is 29.1 Å².